The summed E-state index contributed by atoms with van der Waals surface area (Å²) in [5.74, 6) is 0. The van der Waals surface area contributed by atoms with E-state index in [0.717, 1.165) is 10.0 Å². The van der Waals surface area contributed by atoms with Crippen molar-refractivity contribution in [2.45, 2.75) is 25.3 Å². The van der Waals surface area contributed by atoms with Crippen molar-refractivity contribution in [1.82, 2.24) is 10.2 Å². The molecule has 2 aromatic rings. The average Bonchev–Trinajstić information content (AvgIpc) is 2.75. The van der Waals surface area contributed by atoms with E-state index in [1.54, 1.807) is 19.1 Å². The molecule has 0 unspecified atom stereocenters. The number of hydrogen-bond acceptors (Lipinski definition) is 4. The number of anilines is 1. The fourth-order valence-corrected chi connectivity index (χ4v) is 3.89. The number of nitrogens with two attached hydrogens (primary N) is 1. The van der Waals surface area contributed by atoms with Crippen molar-refractivity contribution in [3.63, 3.8) is 0 Å². The quantitative estimate of drug-likeness (QED) is 0.778. The van der Waals surface area contributed by atoms with Crippen LogP contribution in [0.3, 0.4) is 0 Å². The SMILES string of the molecule is Cc1cc(Br)ccc1NS(=O)(=O)c1c(CN)n[nH]c1C. The molecule has 1 aromatic carbocycles. The third-order valence-electron chi connectivity index (χ3n) is 2.86. The Morgan fingerprint density at radius 3 is 2.70 bits per heavy atom. The Morgan fingerprint density at radius 1 is 1.40 bits per heavy atom. The maximum absolute atomic E-state index is 12.5. The maximum Gasteiger partial charge on any atom is 0.265 e. The van der Waals surface area contributed by atoms with Gasteiger partial charge in [-0.1, -0.05) is 15.9 Å². The standard InChI is InChI=1S/C12H15BrN4O2S/c1-7-5-9(13)3-4-10(7)17-20(18,19)12-8(2)15-16-11(12)6-14/h3-5,17H,6,14H2,1-2H3,(H,15,16). The minimum Gasteiger partial charge on any atom is -0.325 e. The van der Waals surface area contributed by atoms with Gasteiger partial charge in [-0.2, -0.15) is 5.10 Å². The Kier molecular flexibility index (Phi) is 4.17. The largest absolute Gasteiger partial charge is 0.325 e. The van der Waals surface area contributed by atoms with Crippen LogP contribution in [-0.2, 0) is 16.6 Å². The van der Waals surface area contributed by atoms with Gasteiger partial charge in [0, 0.05) is 11.0 Å². The van der Waals surface area contributed by atoms with Crippen LogP contribution >= 0.6 is 15.9 Å². The zero-order valence-electron chi connectivity index (χ0n) is 11.1. The first-order chi connectivity index (χ1) is 9.35. The van der Waals surface area contributed by atoms with Crippen LogP contribution in [0.15, 0.2) is 27.6 Å². The van der Waals surface area contributed by atoms with Crippen molar-refractivity contribution in [2.75, 3.05) is 4.72 Å². The molecule has 0 saturated carbocycles. The highest BCUT2D eigenvalue weighted by Crippen LogP contribution is 2.25. The van der Waals surface area contributed by atoms with Crippen LogP contribution in [0, 0.1) is 13.8 Å². The molecule has 0 aliphatic carbocycles. The van der Waals surface area contributed by atoms with Crippen LogP contribution in [0.5, 0.6) is 0 Å². The van der Waals surface area contributed by atoms with Gasteiger partial charge >= 0.3 is 0 Å². The summed E-state index contributed by atoms with van der Waals surface area (Å²) in [7, 11) is -3.72. The van der Waals surface area contributed by atoms with Gasteiger partial charge in [0.05, 0.1) is 17.1 Å². The average molecular weight is 359 g/mol. The van der Waals surface area contributed by atoms with E-state index >= 15 is 0 Å². The fraction of sp³-hybridized carbons (Fsp3) is 0.250. The summed E-state index contributed by atoms with van der Waals surface area (Å²) in [6, 6.07) is 5.31. The van der Waals surface area contributed by atoms with Gasteiger partial charge < -0.3 is 5.73 Å². The highest BCUT2D eigenvalue weighted by Gasteiger charge is 2.24. The highest BCUT2D eigenvalue weighted by atomic mass is 79.9. The minimum absolute atomic E-state index is 0.0555. The van der Waals surface area contributed by atoms with E-state index in [4.69, 9.17) is 5.73 Å². The van der Waals surface area contributed by atoms with Gasteiger partial charge in [-0.25, -0.2) is 8.42 Å². The first-order valence-electron chi connectivity index (χ1n) is 5.88. The van der Waals surface area contributed by atoms with E-state index in [1.807, 2.05) is 13.0 Å². The van der Waals surface area contributed by atoms with Gasteiger partial charge in [-0.15, -0.1) is 0 Å². The summed E-state index contributed by atoms with van der Waals surface area (Å²) >= 11 is 3.34. The molecular formula is C12H15BrN4O2S. The molecule has 1 heterocycles. The molecule has 8 heteroatoms. The third kappa shape index (κ3) is 2.87. The second-order valence-electron chi connectivity index (χ2n) is 4.39. The molecule has 0 bridgehead atoms. The number of nitrogens with one attached hydrogen (secondary N) is 2. The summed E-state index contributed by atoms with van der Waals surface area (Å²) in [5.41, 5.74) is 7.65. The summed E-state index contributed by atoms with van der Waals surface area (Å²) in [4.78, 5) is 0.113. The van der Waals surface area contributed by atoms with E-state index in [-0.39, 0.29) is 11.4 Å². The van der Waals surface area contributed by atoms with Gasteiger partial charge in [-0.3, -0.25) is 9.82 Å². The van der Waals surface area contributed by atoms with Crippen molar-refractivity contribution in [3.05, 3.63) is 39.6 Å². The molecule has 0 aliphatic rings. The number of sulfonamides is 1. The van der Waals surface area contributed by atoms with Crippen LogP contribution in [0.25, 0.3) is 0 Å². The number of aromatic nitrogens is 2. The Hall–Kier alpha value is -1.38. The summed E-state index contributed by atoms with van der Waals surface area (Å²) in [6.45, 7) is 3.53. The number of nitrogens with zero attached hydrogens (tertiary/aromatic N) is 1. The van der Waals surface area contributed by atoms with Gasteiger partial charge in [0.1, 0.15) is 4.90 Å². The van der Waals surface area contributed by atoms with E-state index in [2.05, 4.69) is 30.8 Å². The van der Waals surface area contributed by atoms with E-state index < -0.39 is 10.0 Å². The number of aromatic amines is 1. The molecule has 4 N–H and O–H groups in total. The Morgan fingerprint density at radius 2 is 2.10 bits per heavy atom. The van der Waals surface area contributed by atoms with Gasteiger partial charge in [-0.05, 0) is 37.6 Å². The van der Waals surface area contributed by atoms with Crippen LogP contribution in [-0.4, -0.2) is 18.6 Å². The molecular weight excluding hydrogens is 344 g/mol. The van der Waals surface area contributed by atoms with Crippen LogP contribution in [0.2, 0.25) is 0 Å². The molecule has 20 heavy (non-hydrogen) atoms. The fourth-order valence-electron chi connectivity index (χ4n) is 1.90. The Bertz CT molecular complexity index is 740. The molecule has 0 saturated heterocycles. The lowest BCUT2D eigenvalue weighted by Crippen LogP contribution is -2.17. The number of aryl methyl sites for hydroxylation is 2. The van der Waals surface area contributed by atoms with Crippen molar-refractivity contribution >= 4 is 31.6 Å². The van der Waals surface area contributed by atoms with E-state index in [1.165, 1.54) is 0 Å². The lowest BCUT2D eigenvalue weighted by atomic mass is 10.2. The van der Waals surface area contributed by atoms with E-state index in [0.29, 0.717) is 17.1 Å². The van der Waals surface area contributed by atoms with Crippen LogP contribution in [0.1, 0.15) is 17.0 Å². The molecule has 108 valence electrons. The second-order valence-corrected chi connectivity index (χ2v) is 6.93. The minimum atomic E-state index is -3.72. The van der Waals surface area contributed by atoms with Crippen LogP contribution < -0.4 is 10.5 Å². The zero-order valence-corrected chi connectivity index (χ0v) is 13.5. The zero-order chi connectivity index (χ0) is 14.9. The van der Waals surface area contributed by atoms with Crippen LogP contribution in [0.4, 0.5) is 5.69 Å². The lowest BCUT2D eigenvalue weighted by molar-refractivity contribution is 0.599. The van der Waals surface area contributed by atoms with Gasteiger partial charge in [0.25, 0.3) is 10.0 Å². The monoisotopic (exact) mass is 358 g/mol. The summed E-state index contributed by atoms with van der Waals surface area (Å²) in [6.07, 6.45) is 0. The molecule has 0 radical (unpaired) electrons. The van der Waals surface area contributed by atoms with Gasteiger partial charge in [0.2, 0.25) is 0 Å². The Balaban J connectivity index is 2.43. The molecule has 2 rings (SSSR count). The maximum atomic E-state index is 12.5. The molecule has 0 amide bonds. The number of hydrogen-bond donors (Lipinski definition) is 3. The molecule has 0 spiro atoms. The topological polar surface area (TPSA) is 101 Å². The first-order valence-corrected chi connectivity index (χ1v) is 8.15. The van der Waals surface area contributed by atoms with Gasteiger partial charge in [0.15, 0.2) is 0 Å². The Labute approximate surface area is 125 Å². The molecule has 0 atom stereocenters. The van der Waals surface area contributed by atoms with Crippen molar-refractivity contribution in [2.24, 2.45) is 5.73 Å². The summed E-state index contributed by atoms with van der Waals surface area (Å²) in [5, 5.41) is 6.55. The molecule has 1 aromatic heterocycles. The molecule has 0 aliphatic heterocycles. The highest BCUT2D eigenvalue weighted by molar-refractivity contribution is 9.10. The predicted molar refractivity (Wildman–Crippen MR) is 80.9 cm³/mol. The lowest BCUT2D eigenvalue weighted by Gasteiger charge is -2.11. The molecule has 0 fully saturated rings. The third-order valence-corrected chi connectivity index (χ3v) is 4.92. The normalized spacial score (nSPS) is 11.6. The van der Waals surface area contributed by atoms with Crippen molar-refractivity contribution < 1.29 is 8.42 Å². The number of benzene rings is 1. The van der Waals surface area contributed by atoms with Crippen molar-refractivity contribution in [3.8, 4) is 0 Å². The molecule has 6 nitrogen and oxygen atoms in total. The first kappa shape index (κ1) is 15.0. The summed E-state index contributed by atoms with van der Waals surface area (Å²) < 4.78 is 28.4. The van der Waals surface area contributed by atoms with Crippen molar-refractivity contribution in [1.29, 1.82) is 0 Å². The predicted octanol–water partition coefficient (Wildman–Crippen LogP) is 2.05. The number of halogens is 1. The number of rotatable bonds is 4. The number of H-pyrrole nitrogens is 1. The smallest absolute Gasteiger partial charge is 0.265 e. The second kappa shape index (κ2) is 5.55. The van der Waals surface area contributed by atoms with E-state index in [9.17, 15) is 8.42 Å².